The van der Waals surface area contributed by atoms with Gasteiger partial charge in [-0.1, -0.05) is 392 Å². The Morgan fingerprint density at radius 2 is 0.453 bits per heavy atom. The summed E-state index contributed by atoms with van der Waals surface area (Å²) in [6, 6.07) is 184. The number of benzene rings is 20. The van der Waals surface area contributed by atoms with Gasteiger partial charge in [0, 0.05) is 84.4 Å². The van der Waals surface area contributed by atoms with Gasteiger partial charge in [-0.15, -0.1) is 0 Å². The zero-order chi connectivity index (χ0) is 84.6. The van der Waals surface area contributed by atoms with Gasteiger partial charge in [0.05, 0.1) is 32.9 Å². The van der Waals surface area contributed by atoms with Crippen LogP contribution in [0, 0.1) is 0 Å². The van der Waals surface area contributed by atoms with Crippen molar-refractivity contribution < 1.29 is 18.6 Å². The largest absolute Gasteiger partial charge is 0.356 e. The van der Waals surface area contributed by atoms with E-state index in [2.05, 4.69) is 539 Å². The first-order valence-electron chi connectivity index (χ1n) is 43.5. The second kappa shape index (κ2) is 34.6. The SMILES string of the molecule is Brc1ccc(C2(c3ccccc3)c3ccccc3-c3ccccc32)cc1.[V].c1ccc(-c2ccc(N(c3ccc(-c4ccc5c(c4)c4ccccc4n5-c4ccccc4)cc3)c3ccc(C4(c5ccccc5)c5ccccc5-c5ccccc54)cc3)cc2)cc1.c1ccc(-c2ccc(Nc3ccc(-c4ccc5c(c4)c4ccccc4n5-c4ccccc4)cc3)cc2)cc1. The van der Waals surface area contributed by atoms with Crippen molar-refractivity contribution in [2.75, 3.05) is 10.2 Å². The minimum absolute atomic E-state index is 0. The van der Waals surface area contributed by atoms with Gasteiger partial charge in [-0.25, -0.2) is 0 Å². The Balaban J connectivity index is 0.000000129. The molecule has 22 aromatic rings. The van der Waals surface area contributed by atoms with Crippen LogP contribution < -0.4 is 10.2 Å². The molecule has 605 valence electrons. The smallest absolute Gasteiger partial charge is 0.0713 e. The Bertz CT molecular complexity index is 7620. The quantitative estimate of drug-likeness (QED) is 0.111. The first kappa shape index (κ1) is 79.8. The van der Waals surface area contributed by atoms with Crippen molar-refractivity contribution >= 4 is 88.0 Å². The molecule has 0 spiro atoms. The van der Waals surface area contributed by atoms with Crippen LogP contribution in [-0.2, 0) is 29.4 Å². The van der Waals surface area contributed by atoms with Gasteiger partial charge in [0.15, 0.2) is 0 Å². The summed E-state index contributed by atoms with van der Waals surface area (Å²) in [5, 5.41) is 8.57. The Hall–Kier alpha value is -15.3. The van der Waals surface area contributed by atoms with Crippen LogP contribution >= 0.6 is 15.9 Å². The van der Waals surface area contributed by atoms with Crippen molar-refractivity contribution in [1.82, 2.24) is 9.13 Å². The Kier molecular flexibility index (Phi) is 21.6. The van der Waals surface area contributed by atoms with Gasteiger partial charge in [0.2, 0.25) is 0 Å². The molecule has 0 amide bonds. The first-order valence-corrected chi connectivity index (χ1v) is 44.3. The van der Waals surface area contributed by atoms with Gasteiger partial charge in [0.25, 0.3) is 0 Å². The monoisotopic (exact) mass is 1740 g/mol. The molecule has 4 nitrogen and oxygen atoms in total. The van der Waals surface area contributed by atoms with Crippen LogP contribution in [-0.4, -0.2) is 9.13 Å². The molecule has 1 N–H and O–H groups in total. The number of hydrogen-bond acceptors (Lipinski definition) is 2. The molecule has 2 aliphatic rings. The van der Waals surface area contributed by atoms with Gasteiger partial charge >= 0.3 is 0 Å². The summed E-state index contributed by atoms with van der Waals surface area (Å²) in [5.41, 5.74) is 37.2. The minimum Gasteiger partial charge on any atom is -0.356 e. The molecule has 24 rings (SSSR count). The maximum Gasteiger partial charge on any atom is 0.0713 e. The molecule has 128 heavy (non-hydrogen) atoms. The predicted molar refractivity (Wildman–Crippen MR) is 536 cm³/mol. The summed E-state index contributed by atoms with van der Waals surface area (Å²) in [4.78, 5) is 2.38. The third-order valence-electron chi connectivity index (χ3n) is 25.7. The Labute approximate surface area is 767 Å². The maximum atomic E-state index is 3.59. The number of rotatable bonds is 15. The summed E-state index contributed by atoms with van der Waals surface area (Å²) in [5.74, 6) is 0. The summed E-state index contributed by atoms with van der Waals surface area (Å²) < 4.78 is 5.82. The number of anilines is 5. The van der Waals surface area contributed by atoms with E-state index in [1.165, 1.54) is 166 Å². The van der Waals surface area contributed by atoms with Crippen molar-refractivity contribution in [1.29, 1.82) is 0 Å². The van der Waals surface area contributed by atoms with E-state index < -0.39 is 5.41 Å². The second-order valence-electron chi connectivity index (χ2n) is 32.7. The Morgan fingerprint density at radius 1 is 0.203 bits per heavy atom. The molecular formula is C122H85BrN4V. The number of nitrogens with zero attached hydrogens (tertiary/aromatic N) is 3. The molecular weight excluding hydrogens is 1650 g/mol. The second-order valence-corrected chi connectivity index (χ2v) is 33.7. The number of hydrogen-bond donors (Lipinski definition) is 1. The van der Waals surface area contributed by atoms with E-state index in [0.717, 1.165) is 32.9 Å². The number of nitrogens with one attached hydrogen (secondary N) is 1. The number of aromatic nitrogens is 2. The zero-order valence-electron chi connectivity index (χ0n) is 70.2. The van der Waals surface area contributed by atoms with Crippen LogP contribution in [0.4, 0.5) is 28.4 Å². The molecule has 0 fully saturated rings. The van der Waals surface area contributed by atoms with E-state index in [1.54, 1.807) is 0 Å². The van der Waals surface area contributed by atoms with Crippen LogP contribution in [0.25, 0.3) is 122 Å². The first-order chi connectivity index (χ1) is 62.9. The Morgan fingerprint density at radius 3 is 0.812 bits per heavy atom. The van der Waals surface area contributed by atoms with Crippen LogP contribution in [0.1, 0.15) is 44.5 Å². The molecule has 1 radical (unpaired) electrons. The molecule has 0 aliphatic heterocycles. The van der Waals surface area contributed by atoms with Crippen molar-refractivity contribution in [2.45, 2.75) is 10.8 Å². The van der Waals surface area contributed by atoms with Gasteiger partial charge in [-0.05, 0) is 245 Å². The molecule has 6 heteroatoms. The fraction of sp³-hybridized carbons (Fsp3) is 0.0164. The van der Waals surface area contributed by atoms with Gasteiger partial charge in [-0.2, -0.15) is 0 Å². The standard InChI is InChI=1S/C61H42N2.C36H26N2.C25H17Br.V/c1-4-16-43(17-5-1)44-28-35-50(36-29-44)62(51-37-30-45(31-38-51)46-32-41-60-56(42-46)55-24-12-15-27-59(55)63(60)49-20-8-3-9-21-49)52-39-33-48(34-40-52)61(47-18-6-2-7-19-47)57-25-13-10-22-53(57)54-23-11-14-26-58(54)61;1-3-9-26(10-4-1)27-15-20-30(21-16-27)37-31-22-17-28(18-23-31)29-19-24-36-34(25-29)33-13-7-8-14-35(33)38(36)32-11-5-2-6-12-32;26-20-16-14-19(15-17-20)25(18-8-2-1-3-9-18)23-12-6-4-10-21(23)22-11-5-7-13-24(22)25;/h1-42H;1-25,37H;1-17H;. The van der Waals surface area contributed by atoms with E-state index in [4.69, 9.17) is 0 Å². The van der Waals surface area contributed by atoms with Gasteiger partial charge in [-0.3, -0.25) is 0 Å². The van der Waals surface area contributed by atoms with Crippen molar-refractivity contribution in [3.8, 4) is 78.1 Å². The van der Waals surface area contributed by atoms with E-state index in [-0.39, 0.29) is 24.0 Å². The van der Waals surface area contributed by atoms with E-state index in [9.17, 15) is 0 Å². The summed E-state index contributed by atoms with van der Waals surface area (Å²) in [7, 11) is 0. The summed E-state index contributed by atoms with van der Waals surface area (Å²) in [6.45, 7) is 0. The maximum absolute atomic E-state index is 3.59. The van der Waals surface area contributed by atoms with E-state index >= 15 is 0 Å². The summed E-state index contributed by atoms with van der Waals surface area (Å²) >= 11 is 3.59. The fourth-order valence-corrected chi connectivity index (χ4v) is 20.2. The van der Waals surface area contributed by atoms with Gasteiger partial charge < -0.3 is 19.4 Å². The van der Waals surface area contributed by atoms with Crippen LogP contribution in [0.2, 0.25) is 0 Å². The zero-order valence-corrected chi connectivity index (χ0v) is 73.1. The van der Waals surface area contributed by atoms with Gasteiger partial charge in [0.1, 0.15) is 0 Å². The fourth-order valence-electron chi connectivity index (χ4n) is 20.0. The minimum atomic E-state index is -0.453. The van der Waals surface area contributed by atoms with Crippen LogP contribution in [0.3, 0.4) is 0 Å². The topological polar surface area (TPSA) is 25.1 Å². The molecule has 2 aliphatic carbocycles. The number of fused-ring (bicyclic) bond motifs is 12. The van der Waals surface area contributed by atoms with E-state index in [0.29, 0.717) is 0 Å². The molecule has 2 heterocycles. The molecule has 0 bridgehead atoms. The predicted octanol–water partition coefficient (Wildman–Crippen LogP) is 32.6. The average molecular weight is 1740 g/mol. The van der Waals surface area contributed by atoms with Crippen molar-refractivity contribution in [2.24, 2.45) is 0 Å². The normalized spacial score (nSPS) is 12.3. The molecule has 0 saturated carbocycles. The molecule has 20 aromatic carbocycles. The number of para-hydroxylation sites is 4. The summed E-state index contributed by atoms with van der Waals surface area (Å²) in [6.07, 6.45) is 0. The third-order valence-corrected chi connectivity index (χ3v) is 26.2. The molecule has 0 unspecified atom stereocenters. The third kappa shape index (κ3) is 14.3. The van der Waals surface area contributed by atoms with Crippen LogP contribution in [0.5, 0.6) is 0 Å². The molecule has 2 aromatic heterocycles. The van der Waals surface area contributed by atoms with Crippen LogP contribution in [0.15, 0.2) is 514 Å². The number of halogens is 1. The molecule has 0 atom stereocenters. The van der Waals surface area contributed by atoms with Crippen molar-refractivity contribution in [3.63, 3.8) is 0 Å². The van der Waals surface area contributed by atoms with Crippen molar-refractivity contribution in [3.05, 3.63) is 559 Å². The van der Waals surface area contributed by atoms with E-state index in [1.807, 2.05) is 6.07 Å². The molecule has 0 saturated heterocycles. The average Bonchev–Trinajstić information content (AvgIpc) is 1.54.